The van der Waals surface area contributed by atoms with Crippen LogP contribution in [-0.4, -0.2) is 24.3 Å². The van der Waals surface area contributed by atoms with Crippen molar-refractivity contribution in [1.82, 2.24) is 0 Å². The van der Waals surface area contributed by atoms with Crippen LogP contribution in [0.1, 0.15) is 30.9 Å². The zero-order valence-corrected chi connectivity index (χ0v) is 15.6. The van der Waals surface area contributed by atoms with Crippen LogP contribution in [-0.2, 0) is 20.9 Å². The minimum atomic E-state index is -1.28. The molecular formula is C22H20N2O4. The van der Waals surface area contributed by atoms with Crippen LogP contribution < -0.4 is 4.74 Å². The molecule has 2 rings (SSSR count). The Morgan fingerprint density at radius 1 is 1.18 bits per heavy atom. The zero-order chi connectivity index (χ0) is 20.4. The largest absolute Gasteiger partial charge is 0.476 e. The lowest BCUT2D eigenvalue weighted by Gasteiger charge is -2.17. The number of nitrogens with zero attached hydrogens (tertiary/aromatic N) is 2. The van der Waals surface area contributed by atoms with E-state index in [-0.39, 0.29) is 42.2 Å². The van der Waals surface area contributed by atoms with Crippen LogP contribution in [0.4, 0.5) is 5.69 Å². The van der Waals surface area contributed by atoms with Gasteiger partial charge in [0, 0.05) is 18.4 Å². The van der Waals surface area contributed by atoms with Gasteiger partial charge in [-0.25, -0.2) is 4.85 Å². The van der Waals surface area contributed by atoms with E-state index in [0.29, 0.717) is 6.61 Å². The van der Waals surface area contributed by atoms with Gasteiger partial charge in [-0.05, 0) is 23.8 Å². The highest BCUT2D eigenvalue weighted by Crippen LogP contribution is 2.24. The Morgan fingerprint density at radius 2 is 1.93 bits per heavy atom. The number of hydrogen-bond acceptors (Lipinski definition) is 5. The second-order valence-corrected chi connectivity index (χ2v) is 6.01. The number of rotatable bonds is 10. The van der Waals surface area contributed by atoms with E-state index in [1.54, 1.807) is 6.92 Å². The Kier molecular flexibility index (Phi) is 7.90. The fourth-order valence-electron chi connectivity index (χ4n) is 2.48. The van der Waals surface area contributed by atoms with Gasteiger partial charge in [-0.3, -0.25) is 9.59 Å². The maximum absolute atomic E-state index is 12.5. The van der Waals surface area contributed by atoms with E-state index in [1.807, 2.05) is 36.4 Å². The van der Waals surface area contributed by atoms with Crippen molar-refractivity contribution in [3.63, 3.8) is 0 Å². The molecule has 0 saturated heterocycles. The molecule has 0 aromatic heterocycles. The summed E-state index contributed by atoms with van der Waals surface area (Å²) in [6.45, 7) is 9.28. The van der Waals surface area contributed by atoms with Crippen molar-refractivity contribution in [2.24, 2.45) is 0 Å². The van der Waals surface area contributed by atoms with E-state index >= 15 is 0 Å². The first-order valence-electron chi connectivity index (χ1n) is 8.83. The highest BCUT2D eigenvalue weighted by atomic mass is 16.5. The minimum absolute atomic E-state index is 0.0247. The SMILES string of the molecule is [C-]#[N+]c1cc(C#N)cc(OC(C(=O)CC)C(=O)CCOCc2ccccc2)c1. The van der Waals surface area contributed by atoms with E-state index in [2.05, 4.69) is 4.85 Å². The van der Waals surface area contributed by atoms with E-state index in [9.17, 15) is 9.59 Å². The summed E-state index contributed by atoms with van der Waals surface area (Å²) in [5.74, 6) is -0.609. The lowest BCUT2D eigenvalue weighted by Crippen LogP contribution is -2.36. The molecule has 0 aliphatic carbocycles. The molecule has 6 heteroatoms. The predicted octanol–water partition coefficient (Wildman–Crippen LogP) is 4.01. The van der Waals surface area contributed by atoms with Crippen molar-refractivity contribution in [3.8, 4) is 11.8 Å². The lowest BCUT2D eigenvalue weighted by molar-refractivity contribution is -0.137. The number of carbonyl (C=O) groups excluding carboxylic acids is 2. The third-order valence-corrected chi connectivity index (χ3v) is 3.94. The maximum Gasteiger partial charge on any atom is 0.214 e. The Balaban J connectivity index is 2.01. The predicted molar refractivity (Wildman–Crippen MR) is 103 cm³/mol. The molecule has 1 atom stereocenters. The topological polar surface area (TPSA) is 80.8 Å². The van der Waals surface area contributed by atoms with Crippen LogP contribution in [0.15, 0.2) is 48.5 Å². The highest BCUT2D eigenvalue weighted by molar-refractivity contribution is 6.05. The minimum Gasteiger partial charge on any atom is -0.476 e. The van der Waals surface area contributed by atoms with Crippen molar-refractivity contribution in [1.29, 1.82) is 5.26 Å². The number of nitriles is 1. The quantitative estimate of drug-likeness (QED) is 0.355. The van der Waals surface area contributed by atoms with Gasteiger partial charge in [-0.2, -0.15) is 5.26 Å². The summed E-state index contributed by atoms with van der Waals surface area (Å²) in [5, 5.41) is 9.06. The van der Waals surface area contributed by atoms with Crippen molar-refractivity contribution in [2.75, 3.05) is 6.61 Å². The van der Waals surface area contributed by atoms with Crippen LogP contribution in [0.5, 0.6) is 5.75 Å². The zero-order valence-electron chi connectivity index (χ0n) is 15.6. The monoisotopic (exact) mass is 376 g/mol. The molecule has 28 heavy (non-hydrogen) atoms. The molecule has 0 bridgehead atoms. The Bertz CT molecular complexity index is 878. The van der Waals surface area contributed by atoms with Crippen LogP contribution in [0, 0.1) is 17.9 Å². The first-order valence-corrected chi connectivity index (χ1v) is 8.83. The standard InChI is InChI=1S/C22H20N2O4/c1-3-20(25)22(28-19-12-17(14-23)11-18(13-19)24-2)21(26)9-10-27-15-16-7-5-4-6-8-16/h4-8,11-13,22H,3,9-10,15H2,1H3. The summed E-state index contributed by atoms with van der Waals surface area (Å²) in [4.78, 5) is 28.0. The van der Waals surface area contributed by atoms with Gasteiger partial charge in [0.25, 0.3) is 0 Å². The molecule has 6 nitrogen and oxygen atoms in total. The van der Waals surface area contributed by atoms with Crippen LogP contribution >= 0.6 is 0 Å². The van der Waals surface area contributed by atoms with Crippen LogP contribution in [0.25, 0.3) is 4.85 Å². The molecule has 0 spiro atoms. The number of Topliss-reactive ketones (excluding diaryl/α,β-unsaturated/α-hetero) is 2. The summed E-state index contributed by atoms with van der Waals surface area (Å²) in [5.41, 5.74) is 1.42. The molecule has 2 aromatic rings. The average molecular weight is 376 g/mol. The molecular weight excluding hydrogens is 356 g/mol. The molecule has 0 N–H and O–H groups in total. The summed E-state index contributed by atoms with van der Waals surface area (Å²) >= 11 is 0. The van der Waals surface area contributed by atoms with E-state index in [1.165, 1.54) is 18.2 Å². The normalized spacial score (nSPS) is 11.1. The van der Waals surface area contributed by atoms with Crippen molar-refractivity contribution in [2.45, 2.75) is 32.5 Å². The third kappa shape index (κ3) is 6.05. The second-order valence-electron chi connectivity index (χ2n) is 6.01. The van der Waals surface area contributed by atoms with E-state index < -0.39 is 11.9 Å². The first kappa shape index (κ1) is 20.8. The summed E-state index contributed by atoms with van der Waals surface area (Å²) in [6, 6.07) is 15.7. The van der Waals surface area contributed by atoms with Gasteiger partial charge in [0.2, 0.25) is 6.10 Å². The maximum atomic E-state index is 12.5. The van der Waals surface area contributed by atoms with Crippen molar-refractivity contribution in [3.05, 3.63) is 71.1 Å². The molecule has 2 aromatic carbocycles. The van der Waals surface area contributed by atoms with Gasteiger partial charge in [0.05, 0.1) is 25.9 Å². The Morgan fingerprint density at radius 3 is 2.57 bits per heavy atom. The number of ketones is 2. The molecule has 0 heterocycles. The van der Waals surface area contributed by atoms with Crippen molar-refractivity contribution < 1.29 is 19.1 Å². The van der Waals surface area contributed by atoms with Crippen molar-refractivity contribution >= 4 is 17.3 Å². The fraction of sp³-hybridized carbons (Fsp3) is 0.273. The molecule has 0 aliphatic heterocycles. The van der Waals surface area contributed by atoms with Crippen LogP contribution in [0.2, 0.25) is 0 Å². The van der Waals surface area contributed by atoms with Gasteiger partial charge in [0.15, 0.2) is 17.3 Å². The average Bonchev–Trinajstić information content (AvgIpc) is 2.74. The summed E-state index contributed by atoms with van der Waals surface area (Å²) < 4.78 is 11.1. The van der Waals surface area contributed by atoms with Gasteiger partial charge in [-0.1, -0.05) is 37.3 Å². The number of hydrogen-bond donors (Lipinski definition) is 0. The number of ether oxygens (including phenoxy) is 2. The van der Waals surface area contributed by atoms with Gasteiger partial charge in [0.1, 0.15) is 5.75 Å². The van der Waals surface area contributed by atoms with E-state index in [4.69, 9.17) is 21.3 Å². The molecule has 0 fully saturated rings. The summed E-state index contributed by atoms with van der Waals surface area (Å²) in [6.07, 6.45) is -1.12. The van der Waals surface area contributed by atoms with Gasteiger partial charge in [-0.15, -0.1) is 0 Å². The molecule has 1 unspecified atom stereocenters. The Hall–Kier alpha value is -3.48. The lowest BCUT2D eigenvalue weighted by atomic mass is 10.1. The smallest absolute Gasteiger partial charge is 0.214 e. The molecule has 0 radical (unpaired) electrons. The second kappa shape index (κ2) is 10.6. The third-order valence-electron chi connectivity index (χ3n) is 3.94. The fourth-order valence-corrected chi connectivity index (χ4v) is 2.48. The van der Waals surface area contributed by atoms with Gasteiger partial charge < -0.3 is 9.47 Å². The number of benzene rings is 2. The molecule has 0 aliphatic rings. The molecule has 0 amide bonds. The molecule has 0 saturated carbocycles. The first-order chi connectivity index (χ1) is 13.6. The van der Waals surface area contributed by atoms with Crippen LogP contribution in [0.3, 0.4) is 0 Å². The molecule has 142 valence electrons. The van der Waals surface area contributed by atoms with Gasteiger partial charge >= 0.3 is 0 Å². The number of carbonyl (C=O) groups is 2. The Labute approximate surface area is 164 Å². The van der Waals surface area contributed by atoms with E-state index in [0.717, 1.165) is 5.56 Å². The summed E-state index contributed by atoms with van der Waals surface area (Å²) in [7, 11) is 0. The highest BCUT2D eigenvalue weighted by Gasteiger charge is 2.27.